The third kappa shape index (κ3) is 3.64. The van der Waals surface area contributed by atoms with Crippen LogP contribution in [0.3, 0.4) is 0 Å². The highest BCUT2D eigenvalue weighted by Crippen LogP contribution is 2.46. The summed E-state index contributed by atoms with van der Waals surface area (Å²) in [5.41, 5.74) is 0.842. The van der Waals surface area contributed by atoms with E-state index >= 15 is 0 Å². The number of rotatable bonds is 2. The lowest BCUT2D eigenvalue weighted by Gasteiger charge is -2.47. The first kappa shape index (κ1) is 18.5. The maximum atomic E-state index is 12.3. The quantitative estimate of drug-likeness (QED) is 0.815. The Labute approximate surface area is 155 Å². The first-order chi connectivity index (χ1) is 12.3. The fourth-order valence-electron chi connectivity index (χ4n) is 4.01. The molecule has 1 aromatic carbocycles. The molecule has 1 spiro atoms. The van der Waals surface area contributed by atoms with Gasteiger partial charge in [-0.1, -0.05) is 18.2 Å². The van der Waals surface area contributed by atoms with E-state index in [-0.39, 0.29) is 23.5 Å². The van der Waals surface area contributed by atoms with Crippen LogP contribution in [-0.2, 0) is 4.79 Å². The van der Waals surface area contributed by atoms with Gasteiger partial charge in [-0.05, 0) is 18.1 Å². The number of para-hydroxylation sites is 1. The largest absolute Gasteiger partial charge is 0.487 e. The Bertz CT molecular complexity index is 679. The van der Waals surface area contributed by atoms with Gasteiger partial charge in [-0.15, -0.1) is 0 Å². The highest BCUT2D eigenvalue weighted by Gasteiger charge is 2.44. The van der Waals surface area contributed by atoms with Gasteiger partial charge < -0.3 is 19.4 Å². The van der Waals surface area contributed by atoms with Crippen molar-refractivity contribution in [1.82, 2.24) is 14.7 Å². The van der Waals surface area contributed by atoms with E-state index in [0.29, 0.717) is 19.5 Å². The van der Waals surface area contributed by atoms with E-state index in [0.717, 1.165) is 30.6 Å². The Hall–Kier alpha value is -2.24. The molecule has 2 heterocycles. The van der Waals surface area contributed by atoms with E-state index in [2.05, 4.69) is 6.07 Å². The highest BCUT2D eigenvalue weighted by atomic mass is 16.5. The molecule has 1 unspecified atom stereocenters. The molecule has 6 nitrogen and oxygen atoms in total. The normalized spacial score (nSPS) is 20.9. The topological polar surface area (TPSA) is 53.1 Å². The molecule has 2 aliphatic heterocycles. The lowest BCUT2D eigenvalue weighted by molar-refractivity contribution is -0.129. The number of benzene rings is 1. The number of hydrogen-bond donors (Lipinski definition) is 0. The van der Waals surface area contributed by atoms with Crippen LogP contribution in [-0.4, -0.2) is 73.5 Å². The molecule has 3 amide bonds. The number of fused-ring (bicyclic) bond motifs is 1. The van der Waals surface area contributed by atoms with Gasteiger partial charge in [0, 0.05) is 66.5 Å². The number of amides is 3. The lowest BCUT2D eigenvalue weighted by Crippen LogP contribution is -2.53. The lowest BCUT2D eigenvalue weighted by atomic mass is 9.76. The van der Waals surface area contributed by atoms with Gasteiger partial charge in [-0.3, -0.25) is 4.79 Å². The maximum absolute atomic E-state index is 12.3. The van der Waals surface area contributed by atoms with Crippen LogP contribution in [0.25, 0.3) is 0 Å². The summed E-state index contributed by atoms with van der Waals surface area (Å²) in [6, 6.07) is 8.11. The molecule has 0 radical (unpaired) electrons. The fourth-order valence-corrected chi connectivity index (χ4v) is 4.01. The minimum atomic E-state index is -0.283. The minimum Gasteiger partial charge on any atom is -0.487 e. The van der Waals surface area contributed by atoms with Crippen LogP contribution in [0.1, 0.15) is 37.2 Å². The second kappa shape index (κ2) is 7.17. The Balaban J connectivity index is 1.78. The van der Waals surface area contributed by atoms with E-state index in [1.807, 2.05) is 23.1 Å². The SMILES string of the molecule is CN(C)C(=O)CC1CC2(CCN(C(=O)N(C)C)CC2)Oc2ccccc21. The molecule has 1 atom stereocenters. The molecule has 3 rings (SSSR count). The first-order valence-electron chi connectivity index (χ1n) is 9.26. The van der Waals surface area contributed by atoms with Gasteiger partial charge in [-0.25, -0.2) is 4.79 Å². The Morgan fingerprint density at radius 3 is 2.38 bits per heavy atom. The van der Waals surface area contributed by atoms with Crippen LogP contribution in [0.15, 0.2) is 24.3 Å². The molecule has 26 heavy (non-hydrogen) atoms. The average molecular weight is 359 g/mol. The van der Waals surface area contributed by atoms with Crippen molar-refractivity contribution < 1.29 is 14.3 Å². The first-order valence-corrected chi connectivity index (χ1v) is 9.26. The molecule has 0 aliphatic carbocycles. The molecule has 1 saturated heterocycles. The number of ether oxygens (including phenoxy) is 1. The summed E-state index contributed by atoms with van der Waals surface area (Å²) in [5.74, 6) is 1.19. The monoisotopic (exact) mass is 359 g/mol. The second-order valence-electron chi connectivity index (χ2n) is 7.88. The van der Waals surface area contributed by atoms with E-state index in [1.54, 1.807) is 38.0 Å². The third-order valence-corrected chi connectivity index (χ3v) is 5.55. The van der Waals surface area contributed by atoms with Crippen molar-refractivity contribution in [2.75, 3.05) is 41.3 Å². The molecule has 0 aromatic heterocycles. The number of nitrogens with zero attached hydrogens (tertiary/aromatic N) is 3. The molecule has 142 valence electrons. The highest BCUT2D eigenvalue weighted by molar-refractivity contribution is 5.77. The van der Waals surface area contributed by atoms with E-state index in [9.17, 15) is 9.59 Å². The Morgan fingerprint density at radius 2 is 1.77 bits per heavy atom. The number of hydrogen-bond acceptors (Lipinski definition) is 3. The van der Waals surface area contributed by atoms with Crippen LogP contribution in [0.5, 0.6) is 5.75 Å². The third-order valence-electron chi connectivity index (χ3n) is 5.55. The Kier molecular flexibility index (Phi) is 5.12. The van der Waals surface area contributed by atoms with Gasteiger partial charge in [0.25, 0.3) is 0 Å². The summed E-state index contributed by atoms with van der Waals surface area (Å²) >= 11 is 0. The predicted molar refractivity (Wildman–Crippen MR) is 100 cm³/mol. The van der Waals surface area contributed by atoms with Gasteiger partial charge >= 0.3 is 6.03 Å². The number of urea groups is 1. The summed E-state index contributed by atoms with van der Waals surface area (Å²) in [6.45, 7) is 1.38. The molecule has 1 aromatic rings. The zero-order valence-electron chi connectivity index (χ0n) is 16.2. The Morgan fingerprint density at radius 1 is 1.12 bits per heavy atom. The minimum absolute atomic E-state index is 0.0513. The number of likely N-dealkylation sites (tertiary alicyclic amines) is 1. The van der Waals surface area contributed by atoms with Gasteiger partial charge in [0.2, 0.25) is 5.91 Å². The molecular weight excluding hydrogens is 330 g/mol. The second-order valence-corrected chi connectivity index (χ2v) is 7.88. The van der Waals surface area contributed by atoms with Gasteiger partial charge in [0.1, 0.15) is 11.4 Å². The van der Waals surface area contributed by atoms with Crippen molar-refractivity contribution in [2.45, 2.75) is 37.2 Å². The van der Waals surface area contributed by atoms with Crippen LogP contribution in [0, 0.1) is 0 Å². The van der Waals surface area contributed by atoms with Crippen LogP contribution < -0.4 is 4.74 Å². The van der Waals surface area contributed by atoms with Crippen LogP contribution in [0.4, 0.5) is 4.79 Å². The molecule has 0 N–H and O–H groups in total. The maximum Gasteiger partial charge on any atom is 0.319 e. The van der Waals surface area contributed by atoms with Crippen molar-refractivity contribution in [3.05, 3.63) is 29.8 Å². The summed E-state index contributed by atoms with van der Waals surface area (Å²) in [5, 5.41) is 0. The van der Waals surface area contributed by atoms with Crippen molar-refractivity contribution in [3.63, 3.8) is 0 Å². The van der Waals surface area contributed by atoms with E-state index in [4.69, 9.17) is 4.74 Å². The summed E-state index contributed by atoms with van der Waals surface area (Å²) in [4.78, 5) is 29.7. The standard InChI is InChI=1S/C20H29N3O3/c1-21(2)18(24)13-15-14-20(26-17-8-6-5-7-16(15)17)9-11-23(12-10-20)19(25)22(3)4/h5-8,15H,9-14H2,1-4H3. The van der Waals surface area contributed by atoms with E-state index in [1.165, 1.54) is 0 Å². The van der Waals surface area contributed by atoms with E-state index < -0.39 is 0 Å². The molecule has 1 fully saturated rings. The molecule has 0 saturated carbocycles. The van der Waals surface area contributed by atoms with Gasteiger partial charge in [0.05, 0.1) is 0 Å². The summed E-state index contributed by atoms with van der Waals surface area (Å²) in [6.07, 6.45) is 2.92. The van der Waals surface area contributed by atoms with Gasteiger partial charge in [0.15, 0.2) is 0 Å². The molecular formula is C20H29N3O3. The number of carbonyl (C=O) groups is 2. The average Bonchev–Trinajstić information content (AvgIpc) is 2.61. The fraction of sp³-hybridized carbons (Fsp3) is 0.600. The van der Waals surface area contributed by atoms with Crippen molar-refractivity contribution in [1.29, 1.82) is 0 Å². The zero-order chi connectivity index (χ0) is 18.9. The number of carbonyl (C=O) groups excluding carboxylic acids is 2. The van der Waals surface area contributed by atoms with Crippen LogP contribution >= 0.6 is 0 Å². The molecule has 6 heteroatoms. The summed E-state index contributed by atoms with van der Waals surface area (Å²) in [7, 11) is 7.16. The van der Waals surface area contributed by atoms with Crippen molar-refractivity contribution >= 4 is 11.9 Å². The smallest absolute Gasteiger partial charge is 0.319 e. The van der Waals surface area contributed by atoms with Gasteiger partial charge in [-0.2, -0.15) is 0 Å². The molecule has 0 bridgehead atoms. The summed E-state index contributed by atoms with van der Waals surface area (Å²) < 4.78 is 6.44. The number of piperidine rings is 1. The van der Waals surface area contributed by atoms with Crippen molar-refractivity contribution in [2.24, 2.45) is 0 Å². The zero-order valence-corrected chi connectivity index (χ0v) is 16.2. The van der Waals surface area contributed by atoms with Crippen LogP contribution in [0.2, 0.25) is 0 Å². The van der Waals surface area contributed by atoms with Crippen molar-refractivity contribution in [3.8, 4) is 5.75 Å². The predicted octanol–water partition coefficient (Wildman–Crippen LogP) is 2.55. The molecule has 2 aliphatic rings.